The molecule has 1 aromatic heterocycles. The first kappa shape index (κ1) is 11.8. The minimum absolute atomic E-state index is 0.481. The lowest BCUT2D eigenvalue weighted by molar-refractivity contribution is 0.813. The maximum atomic E-state index is 2.40. The number of hydrogen-bond donors (Lipinski definition) is 0. The standard InChI is InChI=1S/C19H19N/c1-13-15-8-4-3-7-14(15)11-12-18-19(13)16-9-5-6-10-17(16)20(18)2/h3-10,13H,11-12H2,1-2H3/t13-/m1/s1. The first-order chi connectivity index (χ1) is 9.77. The van der Waals surface area contributed by atoms with Crippen molar-refractivity contribution >= 4 is 10.9 Å². The van der Waals surface area contributed by atoms with Gasteiger partial charge < -0.3 is 4.57 Å². The average Bonchev–Trinajstić information content (AvgIpc) is 2.68. The predicted molar refractivity (Wildman–Crippen MR) is 84.3 cm³/mol. The van der Waals surface area contributed by atoms with Gasteiger partial charge in [0.05, 0.1) is 0 Å². The van der Waals surface area contributed by atoms with Crippen LogP contribution in [0.5, 0.6) is 0 Å². The molecule has 0 radical (unpaired) electrons. The second kappa shape index (κ2) is 4.24. The molecule has 4 rings (SSSR count). The van der Waals surface area contributed by atoms with E-state index in [-0.39, 0.29) is 0 Å². The molecule has 1 atom stereocenters. The van der Waals surface area contributed by atoms with Crippen LogP contribution in [0, 0.1) is 0 Å². The third-order valence-corrected chi connectivity index (χ3v) is 4.86. The highest BCUT2D eigenvalue weighted by molar-refractivity contribution is 5.87. The number of para-hydroxylation sites is 1. The van der Waals surface area contributed by atoms with E-state index in [2.05, 4.69) is 67.1 Å². The van der Waals surface area contributed by atoms with Crippen molar-refractivity contribution in [2.45, 2.75) is 25.7 Å². The van der Waals surface area contributed by atoms with Gasteiger partial charge >= 0.3 is 0 Å². The van der Waals surface area contributed by atoms with E-state index in [1.807, 2.05) is 0 Å². The zero-order chi connectivity index (χ0) is 13.7. The minimum Gasteiger partial charge on any atom is -0.347 e. The average molecular weight is 261 g/mol. The summed E-state index contributed by atoms with van der Waals surface area (Å²) in [6, 6.07) is 17.7. The van der Waals surface area contributed by atoms with Crippen LogP contribution in [0.2, 0.25) is 0 Å². The number of rotatable bonds is 0. The summed E-state index contributed by atoms with van der Waals surface area (Å²) in [5, 5.41) is 1.43. The lowest BCUT2D eigenvalue weighted by atomic mass is 9.90. The zero-order valence-electron chi connectivity index (χ0n) is 12.1. The predicted octanol–water partition coefficient (Wildman–Crippen LogP) is 4.43. The van der Waals surface area contributed by atoms with Crippen LogP contribution in [0.1, 0.15) is 35.2 Å². The first-order valence-corrected chi connectivity index (χ1v) is 7.41. The monoisotopic (exact) mass is 261 g/mol. The van der Waals surface area contributed by atoms with E-state index in [4.69, 9.17) is 0 Å². The highest BCUT2D eigenvalue weighted by atomic mass is 15.0. The summed E-state index contributed by atoms with van der Waals surface area (Å²) in [7, 11) is 2.21. The molecule has 0 saturated carbocycles. The van der Waals surface area contributed by atoms with Crippen LogP contribution in [-0.2, 0) is 19.9 Å². The Morgan fingerprint density at radius 3 is 2.60 bits per heavy atom. The summed E-state index contributed by atoms with van der Waals surface area (Å²) < 4.78 is 2.40. The van der Waals surface area contributed by atoms with E-state index < -0.39 is 0 Å². The fourth-order valence-corrected chi connectivity index (χ4v) is 3.85. The van der Waals surface area contributed by atoms with E-state index in [0.29, 0.717) is 5.92 Å². The Morgan fingerprint density at radius 1 is 0.950 bits per heavy atom. The Balaban J connectivity index is 2.05. The second-order valence-electron chi connectivity index (χ2n) is 5.86. The van der Waals surface area contributed by atoms with E-state index >= 15 is 0 Å². The number of benzene rings is 2. The molecule has 0 fully saturated rings. The molecule has 0 N–H and O–H groups in total. The maximum absolute atomic E-state index is 2.40. The van der Waals surface area contributed by atoms with Crippen molar-refractivity contribution in [3.05, 3.63) is 70.9 Å². The van der Waals surface area contributed by atoms with Crippen LogP contribution >= 0.6 is 0 Å². The van der Waals surface area contributed by atoms with E-state index in [0.717, 1.165) is 12.8 Å². The van der Waals surface area contributed by atoms with Gasteiger partial charge in [0.25, 0.3) is 0 Å². The topological polar surface area (TPSA) is 4.93 Å². The molecule has 0 unspecified atom stereocenters. The van der Waals surface area contributed by atoms with Crippen molar-refractivity contribution in [3.63, 3.8) is 0 Å². The van der Waals surface area contributed by atoms with Crippen LogP contribution in [0.15, 0.2) is 48.5 Å². The molecule has 100 valence electrons. The second-order valence-corrected chi connectivity index (χ2v) is 5.86. The van der Waals surface area contributed by atoms with Crippen molar-refractivity contribution in [2.75, 3.05) is 0 Å². The molecule has 0 aliphatic heterocycles. The Morgan fingerprint density at radius 2 is 1.70 bits per heavy atom. The Labute approximate surface area is 119 Å². The van der Waals surface area contributed by atoms with Crippen LogP contribution in [0.3, 0.4) is 0 Å². The van der Waals surface area contributed by atoms with Crippen LogP contribution < -0.4 is 0 Å². The van der Waals surface area contributed by atoms with Crippen LogP contribution in [0.4, 0.5) is 0 Å². The molecule has 1 aliphatic rings. The molecule has 1 heteroatoms. The molecule has 1 aliphatic carbocycles. The molecule has 2 aromatic carbocycles. The summed E-state index contributed by atoms with van der Waals surface area (Å²) >= 11 is 0. The minimum atomic E-state index is 0.481. The SMILES string of the molecule is C[C@@H]1c2ccccc2CCc2c1c1ccccc1n2C. The summed E-state index contributed by atoms with van der Waals surface area (Å²) in [6.07, 6.45) is 2.29. The van der Waals surface area contributed by atoms with Gasteiger partial charge in [-0.2, -0.15) is 0 Å². The molecule has 1 nitrogen and oxygen atoms in total. The Bertz CT molecular complexity index is 795. The molecule has 20 heavy (non-hydrogen) atoms. The zero-order valence-corrected chi connectivity index (χ0v) is 12.1. The lowest BCUT2D eigenvalue weighted by Crippen LogP contribution is -2.00. The van der Waals surface area contributed by atoms with Gasteiger partial charge in [-0.05, 0) is 35.6 Å². The van der Waals surface area contributed by atoms with E-state index in [1.54, 1.807) is 0 Å². The van der Waals surface area contributed by atoms with Crippen molar-refractivity contribution in [1.82, 2.24) is 4.57 Å². The summed E-state index contributed by atoms with van der Waals surface area (Å²) in [4.78, 5) is 0. The number of nitrogens with zero attached hydrogens (tertiary/aromatic N) is 1. The molecule has 1 heterocycles. The molecular formula is C19H19N. The van der Waals surface area contributed by atoms with Gasteiger partial charge in [-0.3, -0.25) is 0 Å². The molecular weight excluding hydrogens is 242 g/mol. The number of aromatic nitrogens is 1. The fraction of sp³-hybridized carbons (Fsp3) is 0.263. The van der Waals surface area contributed by atoms with Crippen molar-refractivity contribution in [1.29, 1.82) is 0 Å². The third-order valence-electron chi connectivity index (χ3n) is 4.86. The van der Waals surface area contributed by atoms with Gasteiger partial charge in [0, 0.05) is 29.6 Å². The smallest absolute Gasteiger partial charge is 0.0483 e. The van der Waals surface area contributed by atoms with Crippen molar-refractivity contribution < 1.29 is 0 Å². The molecule has 0 bridgehead atoms. The van der Waals surface area contributed by atoms with E-state index in [9.17, 15) is 0 Å². The molecule has 0 spiro atoms. The number of fused-ring (bicyclic) bond motifs is 4. The Kier molecular flexibility index (Phi) is 2.50. The van der Waals surface area contributed by atoms with Crippen molar-refractivity contribution in [3.8, 4) is 0 Å². The highest BCUT2D eigenvalue weighted by Crippen LogP contribution is 2.39. The lowest BCUT2D eigenvalue weighted by Gasteiger charge is -2.14. The summed E-state index contributed by atoms with van der Waals surface area (Å²) in [6.45, 7) is 2.36. The van der Waals surface area contributed by atoms with Crippen LogP contribution in [0.25, 0.3) is 10.9 Å². The molecule has 3 aromatic rings. The van der Waals surface area contributed by atoms with Gasteiger partial charge in [0.2, 0.25) is 0 Å². The van der Waals surface area contributed by atoms with Gasteiger partial charge in [0.15, 0.2) is 0 Å². The highest BCUT2D eigenvalue weighted by Gasteiger charge is 2.25. The normalized spacial score (nSPS) is 17.6. The van der Waals surface area contributed by atoms with E-state index in [1.165, 1.54) is 33.3 Å². The molecule has 0 saturated heterocycles. The van der Waals surface area contributed by atoms with Gasteiger partial charge in [-0.1, -0.05) is 49.4 Å². The molecule has 0 amide bonds. The van der Waals surface area contributed by atoms with Gasteiger partial charge in [-0.15, -0.1) is 0 Å². The van der Waals surface area contributed by atoms with Crippen molar-refractivity contribution in [2.24, 2.45) is 7.05 Å². The summed E-state index contributed by atoms with van der Waals surface area (Å²) in [5.74, 6) is 0.481. The largest absolute Gasteiger partial charge is 0.347 e. The van der Waals surface area contributed by atoms with Crippen LogP contribution in [-0.4, -0.2) is 4.57 Å². The maximum Gasteiger partial charge on any atom is 0.0483 e. The van der Waals surface area contributed by atoms with Gasteiger partial charge in [0.1, 0.15) is 0 Å². The number of hydrogen-bond acceptors (Lipinski definition) is 0. The fourth-order valence-electron chi connectivity index (χ4n) is 3.85. The first-order valence-electron chi connectivity index (χ1n) is 7.41. The number of aryl methyl sites for hydroxylation is 2. The quantitative estimate of drug-likeness (QED) is 0.564. The van der Waals surface area contributed by atoms with Gasteiger partial charge in [-0.25, -0.2) is 0 Å². The summed E-state index contributed by atoms with van der Waals surface area (Å²) in [5.41, 5.74) is 7.43. The third kappa shape index (κ3) is 1.49. The Hall–Kier alpha value is -2.02.